The zero-order chi connectivity index (χ0) is 10.1. The van der Waals surface area contributed by atoms with E-state index in [-0.39, 0.29) is 5.43 Å². The number of H-pyrrole nitrogens is 1. The normalized spacial score (nSPS) is 10.4. The lowest BCUT2D eigenvalue weighted by molar-refractivity contribution is 1.13. The fourth-order valence-electron chi connectivity index (χ4n) is 1.43. The first-order valence-corrected chi connectivity index (χ1v) is 4.34. The SMILES string of the molecule is CN(C)c1ccnc2c(=O)cc[nH]c12. The minimum Gasteiger partial charge on any atom is -0.376 e. The second-order valence-electron chi connectivity index (χ2n) is 3.29. The predicted molar refractivity (Wildman–Crippen MR) is 56.7 cm³/mol. The molecule has 14 heavy (non-hydrogen) atoms. The van der Waals surface area contributed by atoms with Gasteiger partial charge >= 0.3 is 0 Å². The van der Waals surface area contributed by atoms with Crippen LogP contribution in [0, 0.1) is 0 Å². The Kier molecular flexibility index (Phi) is 1.96. The Labute approximate surface area is 81.2 Å². The molecule has 2 rings (SSSR count). The van der Waals surface area contributed by atoms with Crippen LogP contribution in [0.25, 0.3) is 11.0 Å². The summed E-state index contributed by atoms with van der Waals surface area (Å²) in [6, 6.07) is 3.35. The van der Waals surface area contributed by atoms with Crippen molar-refractivity contribution in [3.05, 3.63) is 34.7 Å². The number of anilines is 1. The molecule has 0 aromatic carbocycles. The third-order valence-electron chi connectivity index (χ3n) is 2.11. The smallest absolute Gasteiger partial charge is 0.207 e. The van der Waals surface area contributed by atoms with E-state index >= 15 is 0 Å². The standard InChI is InChI=1S/C10H11N3O/c1-13(2)7-3-5-12-10-8(14)4-6-11-9(7)10/h3-6H,1-2H3,(H,11,14). The Morgan fingerprint density at radius 2 is 2.14 bits per heavy atom. The molecule has 0 fully saturated rings. The molecule has 4 heteroatoms. The van der Waals surface area contributed by atoms with Crippen molar-refractivity contribution in [3.63, 3.8) is 0 Å². The maximum absolute atomic E-state index is 11.5. The van der Waals surface area contributed by atoms with E-state index in [2.05, 4.69) is 9.97 Å². The van der Waals surface area contributed by atoms with Gasteiger partial charge in [0.1, 0.15) is 5.52 Å². The molecular weight excluding hydrogens is 178 g/mol. The van der Waals surface area contributed by atoms with E-state index < -0.39 is 0 Å². The quantitative estimate of drug-likeness (QED) is 0.727. The van der Waals surface area contributed by atoms with Crippen molar-refractivity contribution in [2.45, 2.75) is 0 Å². The molecule has 72 valence electrons. The van der Waals surface area contributed by atoms with E-state index in [4.69, 9.17) is 0 Å². The second kappa shape index (κ2) is 3.14. The fourth-order valence-corrected chi connectivity index (χ4v) is 1.43. The summed E-state index contributed by atoms with van der Waals surface area (Å²) in [5.41, 5.74) is 2.18. The first-order chi connectivity index (χ1) is 6.70. The molecule has 0 aliphatic heterocycles. The van der Waals surface area contributed by atoms with Crippen LogP contribution in [0.3, 0.4) is 0 Å². The molecule has 0 saturated heterocycles. The van der Waals surface area contributed by atoms with E-state index in [1.165, 1.54) is 6.07 Å². The number of rotatable bonds is 1. The van der Waals surface area contributed by atoms with Gasteiger partial charge in [0.05, 0.1) is 11.2 Å². The van der Waals surface area contributed by atoms with Gasteiger partial charge in [-0.3, -0.25) is 9.78 Å². The van der Waals surface area contributed by atoms with Crippen LogP contribution in [0.4, 0.5) is 5.69 Å². The molecule has 0 spiro atoms. The lowest BCUT2D eigenvalue weighted by atomic mass is 10.2. The molecule has 4 nitrogen and oxygen atoms in total. The first kappa shape index (κ1) is 8.74. The Morgan fingerprint density at radius 3 is 2.86 bits per heavy atom. The minimum atomic E-state index is -0.0533. The summed E-state index contributed by atoms with van der Waals surface area (Å²) in [7, 11) is 3.86. The number of aromatic nitrogens is 2. The summed E-state index contributed by atoms with van der Waals surface area (Å²) in [5.74, 6) is 0. The zero-order valence-corrected chi connectivity index (χ0v) is 8.11. The van der Waals surface area contributed by atoms with Crippen LogP contribution in [0.15, 0.2) is 29.3 Å². The van der Waals surface area contributed by atoms with Crippen molar-refractivity contribution in [1.82, 2.24) is 9.97 Å². The van der Waals surface area contributed by atoms with Crippen LogP contribution in [0.5, 0.6) is 0 Å². The third-order valence-corrected chi connectivity index (χ3v) is 2.11. The van der Waals surface area contributed by atoms with Crippen molar-refractivity contribution >= 4 is 16.7 Å². The van der Waals surface area contributed by atoms with Gasteiger partial charge in [0, 0.05) is 32.6 Å². The molecule has 1 N–H and O–H groups in total. The highest BCUT2D eigenvalue weighted by Crippen LogP contribution is 2.18. The number of hydrogen-bond donors (Lipinski definition) is 1. The third kappa shape index (κ3) is 1.25. The van der Waals surface area contributed by atoms with Crippen LogP contribution in [-0.4, -0.2) is 24.1 Å². The Hall–Kier alpha value is -1.84. The van der Waals surface area contributed by atoms with E-state index in [1.54, 1.807) is 12.4 Å². The lowest BCUT2D eigenvalue weighted by Crippen LogP contribution is -2.12. The highest BCUT2D eigenvalue weighted by Gasteiger charge is 2.05. The van der Waals surface area contributed by atoms with E-state index in [1.807, 2.05) is 25.1 Å². The van der Waals surface area contributed by atoms with Crippen molar-refractivity contribution in [2.24, 2.45) is 0 Å². The molecule has 0 atom stereocenters. The average Bonchev–Trinajstić information content (AvgIpc) is 2.17. The van der Waals surface area contributed by atoms with Crippen molar-refractivity contribution in [2.75, 3.05) is 19.0 Å². The molecule has 2 heterocycles. The predicted octanol–water partition coefficient (Wildman–Crippen LogP) is 0.989. The van der Waals surface area contributed by atoms with Gasteiger partial charge in [-0.05, 0) is 6.07 Å². The monoisotopic (exact) mass is 189 g/mol. The highest BCUT2D eigenvalue weighted by atomic mass is 16.1. The maximum atomic E-state index is 11.5. The van der Waals surface area contributed by atoms with Crippen LogP contribution in [0.2, 0.25) is 0 Å². The first-order valence-electron chi connectivity index (χ1n) is 4.34. The van der Waals surface area contributed by atoms with Crippen molar-refractivity contribution in [3.8, 4) is 0 Å². The number of nitrogens with one attached hydrogen (secondary N) is 1. The average molecular weight is 189 g/mol. The van der Waals surface area contributed by atoms with Crippen LogP contribution in [-0.2, 0) is 0 Å². The Morgan fingerprint density at radius 1 is 1.36 bits per heavy atom. The largest absolute Gasteiger partial charge is 0.376 e. The van der Waals surface area contributed by atoms with Crippen molar-refractivity contribution < 1.29 is 0 Å². The number of hydrogen-bond acceptors (Lipinski definition) is 3. The summed E-state index contributed by atoms with van der Waals surface area (Å²) >= 11 is 0. The van der Waals surface area contributed by atoms with Gasteiger partial charge in [0.25, 0.3) is 0 Å². The summed E-state index contributed by atoms with van der Waals surface area (Å²) < 4.78 is 0. The minimum absolute atomic E-state index is 0.0533. The summed E-state index contributed by atoms with van der Waals surface area (Å²) in [6.45, 7) is 0. The molecular formula is C10H11N3O. The second-order valence-corrected chi connectivity index (χ2v) is 3.29. The molecule has 0 aliphatic rings. The van der Waals surface area contributed by atoms with E-state index in [9.17, 15) is 4.79 Å². The number of nitrogens with zero attached hydrogens (tertiary/aromatic N) is 2. The van der Waals surface area contributed by atoms with Crippen molar-refractivity contribution in [1.29, 1.82) is 0 Å². The van der Waals surface area contributed by atoms with Crippen LogP contribution < -0.4 is 10.3 Å². The van der Waals surface area contributed by atoms with Gasteiger partial charge in [-0.2, -0.15) is 0 Å². The molecule has 0 aliphatic carbocycles. The number of aromatic amines is 1. The molecule has 0 saturated carbocycles. The molecule has 2 aromatic heterocycles. The molecule has 0 unspecified atom stereocenters. The summed E-state index contributed by atoms with van der Waals surface area (Å²) in [6.07, 6.45) is 3.28. The van der Waals surface area contributed by atoms with E-state index in [0.717, 1.165) is 11.2 Å². The lowest BCUT2D eigenvalue weighted by Gasteiger charge is -2.13. The Balaban J connectivity index is 2.88. The van der Waals surface area contributed by atoms with Gasteiger partial charge in [-0.25, -0.2) is 0 Å². The summed E-state index contributed by atoms with van der Waals surface area (Å²) in [5, 5.41) is 0. The van der Waals surface area contributed by atoms with Crippen LogP contribution in [0.1, 0.15) is 0 Å². The Bertz CT molecular complexity index is 516. The van der Waals surface area contributed by atoms with Gasteiger partial charge in [-0.1, -0.05) is 0 Å². The molecule has 0 radical (unpaired) electrons. The highest BCUT2D eigenvalue weighted by molar-refractivity contribution is 5.87. The van der Waals surface area contributed by atoms with E-state index in [0.29, 0.717) is 5.52 Å². The van der Waals surface area contributed by atoms with Crippen LogP contribution >= 0.6 is 0 Å². The number of pyridine rings is 2. The van der Waals surface area contributed by atoms with Gasteiger partial charge in [0.15, 0.2) is 0 Å². The summed E-state index contributed by atoms with van der Waals surface area (Å²) in [4.78, 5) is 20.5. The molecule has 0 amide bonds. The van der Waals surface area contributed by atoms with Gasteiger partial charge in [0.2, 0.25) is 5.43 Å². The maximum Gasteiger partial charge on any atom is 0.207 e. The number of fused-ring (bicyclic) bond motifs is 1. The fraction of sp³-hybridized carbons (Fsp3) is 0.200. The zero-order valence-electron chi connectivity index (χ0n) is 8.11. The van der Waals surface area contributed by atoms with Gasteiger partial charge in [-0.15, -0.1) is 0 Å². The molecule has 0 bridgehead atoms. The van der Waals surface area contributed by atoms with Gasteiger partial charge < -0.3 is 9.88 Å². The molecule has 2 aromatic rings. The topological polar surface area (TPSA) is 49.0 Å².